The third-order valence-corrected chi connectivity index (χ3v) is 5.25. The monoisotopic (exact) mass is 446 g/mol. The summed E-state index contributed by atoms with van der Waals surface area (Å²) in [6, 6.07) is 19.4. The van der Waals surface area contributed by atoms with Crippen LogP contribution in [0.2, 0.25) is 5.02 Å². The van der Waals surface area contributed by atoms with Crippen LogP contribution in [0.3, 0.4) is 0 Å². The Bertz CT molecular complexity index is 1300. The van der Waals surface area contributed by atoms with Crippen LogP contribution in [0.15, 0.2) is 84.4 Å². The van der Waals surface area contributed by atoms with Gasteiger partial charge in [0.15, 0.2) is 0 Å². The lowest BCUT2D eigenvalue weighted by molar-refractivity contribution is -0.384. The molecule has 0 radical (unpaired) electrons. The smallest absolute Gasteiger partial charge is 0.337 e. The SMILES string of the molecule is O=C(O)c1cc(N2C(=O)C(=Cc3ccc([N+](=O)[O-])cc3)C=C2c2ccccc2)ccc1Cl. The van der Waals surface area contributed by atoms with Gasteiger partial charge in [0, 0.05) is 17.7 Å². The zero-order valence-corrected chi connectivity index (χ0v) is 17.2. The van der Waals surface area contributed by atoms with E-state index >= 15 is 0 Å². The molecule has 0 saturated carbocycles. The van der Waals surface area contributed by atoms with E-state index in [9.17, 15) is 24.8 Å². The molecule has 1 amide bonds. The Balaban J connectivity index is 1.81. The molecule has 1 N–H and O–H groups in total. The van der Waals surface area contributed by atoms with Gasteiger partial charge in [0.2, 0.25) is 0 Å². The molecule has 32 heavy (non-hydrogen) atoms. The molecular formula is C24H15ClN2O5. The Morgan fingerprint density at radius 2 is 1.72 bits per heavy atom. The van der Waals surface area contributed by atoms with Gasteiger partial charge in [-0.15, -0.1) is 0 Å². The molecule has 158 valence electrons. The minimum absolute atomic E-state index is 0.0468. The van der Waals surface area contributed by atoms with E-state index in [4.69, 9.17) is 11.6 Å². The number of nitrogens with zero attached hydrogens (tertiary/aromatic N) is 2. The molecule has 3 aromatic carbocycles. The molecule has 8 heteroatoms. The van der Waals surface area contributed by atoms with Crippen molar-refractivity contribution < 1.29 is 19.6 Å². The van der Waals surface area contributed by atoms with Crippen molar-refractivity contribution in [1.82, 2.24) is 0 Å². The zero-order chi connectivity index (χ0) is 22.8. The molecule has 1 heterocycles. The number of nitro benzene ring substituents is 1. The van der Waals surface area contributed by atoms with Crippen LogP contribution in [0.25, 0.3) is 11.8 Å². The summed E-state index contributed by atoms with van der Waals surface area (Å²) >= 11 is 6.00. The summed E-state index contributed by atoms with van der Waals surface area (Å²) in [6.45, 7) is 0. The summed E-state index contributed by atoms with van der Waals surface area (Å²) < 4.78 is 0. The first-order valence-electron chi connectivity index (χ1n) is 9.46. The number of hydrogen-bond donors (Lipinski definition) is 1. The van der Waals surface area contributed by atoms with Crippen molar-refractivity contribution in [1.29, 1.82) is 0 Å². The van der Waals surface area contributed by atoms with Crippen molar-refractivity contribution in [3.63, 3.8) is 0 Å². The standard InChI is InChI=1S/C24H15ClN2O5/c25-21-11-10-19(14-20(21)24(29)30)26-22(16-4-2-1-3-5-16)13-17(23(26)28)12-15-6-8-18(9-7-15)27(31)32/h1-14H,(H,29,30). The molecule has 0 spiro atoms. The highest BCUT2D eigenvalue weighted by molar-refractivity contribution is 6.34. The van der Waals surface area contributed by atoms with E-state index in [-0.39, 0.29) is 22.2 Å². The second kappa shape index (κ2) is 8.49. The fourth-order valence-corrected chi connectivity index (χ4v) is 3.58. The highest BCUT2D eigenvalue weighted by Gasteiger charge is 2.31. The van der Waals surface area contributed by atoms with Crippen molar-refractivity contribution in [2.45, 2.75) is 0 Å². The Morgan fingerprint density at radius 1 is 1.03 bits per heavy atom. The van der Waals surface area contributed by atoms with E-state index < -0.39 is 10.9 Å². The minimum atomic E-state index is -1.20. The third kappa shape index (κ3) is 4.01. The number of benzene rings is 3. The Labute approximate surface area is 187 Å². The fraction of sp³-hybridized carbons (Fsp3) is 0. The molecule has 4 rings (SSSR count). The lowest BCUT2D eigenvalue weighted by Crippen LogP contribution is -2.25. The predicted octanol–water partition coefficient (Wildman–Crippen LogP) is 5.42. The van der Waals surface area contributed by atoms with Gasteiger partial charge in [-0.1, -0.05) is 41.9 Å². The first kappa shape index (κ1) is 21.0. The van der Waals surface area contributed by atoms with Crippen LogP contribution in [0, 0.1) is 10.1 Å². The van der Waals surface area contributed by atoms with Gasteiger partial charge < -0.3 is 5.11 Å². The minimum Gasteiger partial charge on any atom is -0.478 e. The summed E-state index contributed by atoms with van der Waals surface area (Å²) in [6.07, 6.45) is 3.33. The van der Waals surface area contributed by atoms with Gasteiger partial charge in [0.05, 0.1) is 26.9 Å². The maximum atomic E-state index is 13.4. The van der Waals surface area contributed by atoms with E-state index in [1.165, 1.54) is 29.2 Å². The number of anilines is 1. The molecule has 0 aromatic heterocycles. The van der Waals surface area contributed by atoms with Gasteiger partial charge in [0.25, 0.3) is 11.6 Å². The van der Waals surface area contributed by atoms with Crippen molar-refractivity contribution in [3.8, 4) is 0 Å². The number of carboxylic acids is 1. The van der Waals surface area contributed by atoms with Crippen molar-refractivity contribution in [3.05, 3.63) is 116 Å². The number of nitro groups is 1. The molecule has 0 atom stereocenters. The molecule has 0 unspecified atom stereocenters. The normalized spacial score (nSPS) is 14.5. The molecule has 7 nitrogen and oxygen atoms in total. The number of carboxylic acid groups (broad SMARTS) is 1. The second-order valence-electron chi connectivity index (χ2n) is 6.95. The average Bonchev–Trinajstić information content (AvgIpc) is 3.11. The van der Waals surface area contributed by atoms with E-state index in [0.29, 0.717) is 22.5 Å². The number of aromatic carboxylic acids is 1. The first-order valence-corrected chi connectivity index (χ1v) is 9.83. The van der Waals surface area contributed by atoms with E-state index in [2.05, 4.69) is 0 Å². The van der Waals surface area contributed by atoms with Crippen molar-refractivity contribution in [2.75, 3.05) is 4.90 Å². The number of non-ortho nitro benzene ring substituents is 1. The van der Waals surface area contributed by atoms with Crippen LogP contribution >= 0.6 is 11.6 Å². The lowest BCUT2D eigenvalue weighted by Gasteiger charge is -2.21. The molecule has 0 aliphatic carbocycles. The van der Waals surface area contributed by atoms with Crippen LogP contribution in [-0.2, 0) is 4.79 Å². The maximum Gasteiger partial charge on any atom is 0.337 e. The Morgan fingerprint density at radius 3 is 2.34 bits per heavy atom. The van der Waals surface area contributed by atoms with Gasteiger partial charge in [0.1, 0.15) is 0 Å². The van der Waals surface area contributed by atoms with Crippen LogP contribution in [0.5, 0.6) is 0 Å². The van der Waals surface area contributed by atoms with Gasteiger partial charge in [-0.05, 0) is 53.6 Å². The van der Waals surface area contributed by atoms with E-state index in [0.717, 1.165) is 5.56 Å². The van der Waals surface area contributed by atoms with Crippen LogP contribution < -0.4 is 4.90 Å². The predicted molar refractivity (Wildman–Crippen MR) is 121 cm³/mol. The van der Waals surface area contributed by atoms with Gasteiger partial charge in [-0.25, -0.2) is 4.79 Å². The quantitative estimate of drug-likeness (QED) is 0.320. The zero-order valence-electron chi connectivity index (χ0n) is 16.4. The molecule has 0 fully saturated rings. The summed E-state index contributed by atoms with van der Waals surface area (Å²) in [5.41, 5.74) is 2.50. The highest BCUT2D eigenvalue weighted by atomic mass is 35.5. The lowest BCUT2D eigenvalue weighted by atomic mass is 10.1. The van der Waals surface area contributed by atoms with Gasteiger partial charge in [-0.2, -0.15) is 0 Å². The van der Waals surface area contributed by atoms with Gasteiger partial charge >= 0.3 is 5.97 Å². The molecule has 0 saturated heterocycles. The van der Waals surface area contributed by atoms with Crippen molar-refractivity contribution >= 4 is 46.6 Å². The summed E-state index contributed by atoms with van der Waals surface area (Å²) in [5.74, 6) is -1.56. The van der Waals surface area contributed by atoms with E-state index in [1.54, 1.807) is 30.4 Å². The molecule has 0 bridgehead atoms. The molecular weight excluding hydrogens is 432 g/mol. The topological polar surface area (TPSA) is 101 Å². The summed E-state index contributed by atoms with van der Waals surface area (Å²) in [4.78, 5) is 36.7. The number of carbonyl (C=O) groups excluding carboxylic acids is 1. The molecule has 3 aromatic rings. The first-order chi connectivity index (χ1) is 15.3. The maximum absolute atomic E-state index is 13.4. The van der Waals surface area contributed by atoms with Crippen LogP contribution in [0.1, 0.15) is 21.5 Å². The number of rotatable bonds is 5. The van der Waals surface area contributed by atoms with Crippen LogP contribution in [-0.4, -0.2) is 21.9 Å². The Kier molecular flexibility index (Phi) is 5.57. The van der Waals surface area contributed by atoms with Gasteiger partial charge in [-0.3, -0.25) is 19.8 Å². The fourth-order valence-electron chi connectivity index (χ4n) is 3.38. The number of hydrogen-bond acceptors (Lipinski definition) is 4. The Hall–Kier alpha value is -4.23. The molecule has 1 aliphatic heterocycles. The van der Waals surface area contributed by atoms with E-state index in [1.807, 2.05) is 30.3 Å². The highest BCUT2D eigenvalue weighted by Crippen LogP contribution is 2.36. The largest absolute Gasteiger partial charge is 0.478 e. The van der Waals surface area contributed by atoms with Crippen molar-refractivity contribution in [2.24, 2.45) is 0 Å². The summed E-state index contributed by atoms with van der Waals surface area (Å²) in [5, 5.41) is 20.4. The second-order valence-corrected chi connectivity index (χ2v) is 7.36. The molecule has 1 aliphatic rings. The third-order valence-electron chi connectivity index (χ3n) is 4.92. The number of amides is 1. The number of carbonyl (C=O) groups is 2. The van der Waals surface area contributed by atoms with Crippen LogP contribution in [0.4, 0.5) is 11.4 Å². The average molecular weight is 447 g/mol. The number of halogens is 1. The summed E-state index contributed by atoms with van der Waals surface area (Å²) in [7, 11) is 0.